The number of aryl methyl sites for hydroxylation is 1. The van der Waals surface area contributed by atoms with Crippen LogP contribution in [0.2, 0.25) is 0 Å². The Bertz CT molecular complexity index is 889. The third-order valence-corrected chi connectivity index (χ3v) is 6.17. The summed E-state index contributed by atoms with van der Waals surface area (Å²) in [5, 5.41) is 13.5. The molecule has 0 unspecified atom stereocenters. The second kappa shape index (κ2) is 10.3. The number of nitrogens with one attached hydrogen (secondary N) is 1. The van der Waals surface area contributed by atoms with Crippen LogP contribution >= 0.6 is 7.60 Å². The number of anilines is 1. The Balaban J connectivity index is 2.55. The quantitative estimate of drug-likeness (QED) is 0.528. The second-order valence-corrected chi connectivity index (χ2v) is 7.93. The number of aromatic hydroxyl groups is 1. The minimum atomic E-state index is -3.65. The average Bonchev–Trinajstić information content (AvgIpc) is 2.71. The molecule has 0 fully saturated rings. The fourth-order valence-electron chi connectivity index (χ4n) is 2.63. The van der Waals surface area contributed by atoms with E-state index in [2.05, 4.69) is 10.3 Å². The first-order chi connectivity index (χ1) is 13.9. The van der Waals surface area contributed by atoms with E-state index in [1.54, 1.807) is 57.4 Å². The van der Waals surface area contributed by atoms with Crippen LogP contribution in [0.4, 0.5) is 5.69 Å². The van der Waals surface area contributed by atoms with E-state index in [-0.39, 0.29) is 24.7 Å². The van der Waals surface area contributed by atoms with Gasteiger partial charge < -0.3 is 28.9 Å². The number of rotatable bonds is 10. The van der Waals surface area contributed by atoms with E-state index < -0.39 is 7.60 Å². The van der Waals surface area contributed by atoms with Gasteiger partial charge in [-0.05, 0) is 50.1 Å². The molecule has 0 amide bonds. The van der Waals surface area contributed by atoms with E-state index in [0.29, 0.717) is 28.0 Å². The number of pyridine rings is 1. The van der Waals surface area contributed by atoms with Crippen LogP contribution in [0.3, 0.4) is 0 Å². The van der Waals surface area contributed by atoms with Gasteiger partial charge in [0.2, 0.25) is 5.88 Å². The van der Waals surface area contributed by atoms with Crippen LogP contribution in [0.25, 0.3) is 5.31 Å². The predicted molar refractivity (Wildman–Crippen MR) is 113 cm³/mol. The molecule has 0 atom stereocenters. The lowest BCUT2D eigenvalue weighted by molar-refractivity contribution is 0.230. The molecule has 0 radical (unpaired) electrons. The van der Waals surface area contributed by atoms with Gasteiger partial charge in [0.05, 0.1) is 44.6 Å². The fraction of sp³-hybridized carbons (Fsp3) is 0.350. The zero-order valence-electron chi connectivity index (χ0n) is 17.3. The van der Waals surface area contributed by atoms with Crippen LogP contribution < -0.4 is 14.8 Å². The van der Waals surface area contributed by atoms with E-state index in [0.717, 1.165) is 0 Å². The molecular weight excluding hydrogens is 395 g/mol. The molecule has 0 saturated heterocycles. The van der Waals surface area contributed by atoms with Crippen molar-refractivity contribution in [1.29, 1.82) is 0 Å². The molecule has 0 aliphatic heterocycles. The summed E-state index contributed by atoms with van der Waals surface area (Å²) in [6.07, 6.45) is 3.14. The minimum Gasteiger partial charge on any atom is -0.504 e. The number of nitrogens with zero attached hydrogens (tertiary/aromatic N) is 1. The average molecular weight is 422 g/mol. The summed E-state index contributed by atoms with van der Waals surface area (Å²) in [7, 11) is -0.665. The van der Waals surface area contributed by atoms with Crippen molar-refractivity contribution in [2.75, 3.05) is 32.8 Å². The lowest BCUT2D eigenvalue weighted by Crippen LogP contribution is -2.02. The SMILES string of the molecule is CCOP(=O)(OCC)/C(=C/Nc1ccc(OC)nc1)c1cc(C)c(O)c(OC)c1. The molecule has 0 aliphatic carbocycles. The molecule has 2 rings (SSSR count). The van der Waals surface area contributed by atoms with Crippen molar-refractivity contribution in [3.05, 3.63) is 47.8 Å². The lowest BCUT2D eigenvalue weighted by atomic mass is 10.1. The van der Waals surface area contributed by atoms with Crippen LogP contribution in [0.5, 0.6) is 17.4 Å². The van der Waals surface area contributed by atoms with E-state index >= 15 is 0 Å². The summed E-state index contributed by atoms with van der Waals surface area (Å²) in [4.78, 5) is 4.14. The van der Waals surface area contributed by atoms with Crippen LogP contribution in [-0.4, -0.2) is 37.5 Å². The molecule has 1 aromatic carbocycles. The Morgan fingerprint density at radius 2 is 1.86 bits per heavy atom. The molecule has 1 heterocycles. The van der Waals surface area contributed by atoms with Gasteiger partial charge in [-0.15, -0.1) is 0 Å². The molecule has 2 aromatic rings. The van der Waals surface area contributed by atoms with Crippen LogP contribution in [-0.2, 0) is 13.6 Å². The highest BCUT2D eigenvalue weighted by Gasteiger charge is 2.32. The van der Waals surface area contributed by atoms with Crippen molar-refractivity contribution in [2.45, 2.75) is 20.8 Å². The molecule has 158 valence electrons. The smallest absolute Gasteiger partial charge is 0.363 e. The molecule has 0 saturated carbocycles. The molecule has 29 heavy (non-hydrogen) atoms. The van der Waals surface area contributed by atoms with Crippen molar-refractivity contribution in [1.82, 2.24) is 4.98 Å². The normalized spacial score (nSPS) is 12.0. The highest BCUT2D eigenvalue weighted by Crippen LogP contribution is 2.61. The highest BCUT2D eigenvalue weighted by atomic mass is 31.2. The van der Waals surface area contributed by atoms with Crippen molar-refractivity contribution in [3.63, 3.8) is 0 Å². The zero-order valence-corrected chi connectivity index (χ0v) is 18.2. The third-order valence-electron chi connectivity index (χ3n) is 4.00. The van der Waals surface area contributed by atoms with E-state index in [1.807, 2.05) is 0 Å². The topological polar surface area (TPSA) is 99.1 Å². The van der Waals surface area contributed by atoms with Gasteiger partial charge >= 0.3 is 7.60 Å². The Morgan fingerprint density at radius 3 is 2.38 bits per heavy atom. The molecule has 2 N–H and O–H groups in total. The number of phenolic OH excluding ortho intramolecular Hbond substituents is 1. The lowest BCUT2D eigenvalue weighted by Gasteiger charge is -2.21. The standard InChI is InChI=1S/C20H27N2O6P/c1-6-27-29(24,28-7-2)18(13-21-16-8-9-19(26-5)22-12-16)15-10-14(3)20(23)17(11-15)25-4/h8-13,21,23H,6-7H2,1-5H3/b18-13+. The number of aromatic nitrogens is 1. The summed E-state index contributed by atoms with van der Waals surface area (Å²) in [6.45, 7) is 5.62. The number of hydrogen-bond acceptors (Lipinski definition) is 8. The number of methoxy groups -OCH3 is 2. The van der Waals surface area contributed by atoms with Crippen LogP contribution in [0.15, 0.2) is 36.7 Å². The molecule has 8 nitrogen and oxygen atoms in total. The predicted octanol–water partition coefficient (Wildman–Crippen LogP) is 4.79. The first-order valence-electron chi connectivity index (χ1n) is 9.12. The first-order valence-corrected chi connectivity index (χ1v) is 10.7. The number of hydrogen-bond donors (Lipinski definition) is 2. The van der Waals surface area contributed by atoms with Gasteiger partial charge in [0.15, 0.2) is 11.5 Å². The number of phenols is 1. The molecule has 0 spiro atoms. The van der Waals surface area contributed by atoms with Gasteiger partial charge in [-0.25, -0.2) is 4.98 Å². The minimum absolute atomic E-state index is 0.0190. The number of benzene rings is 1. The van der Waals surface area contributed by atoms with E-state index in [4.69, 9.17) is 18.5 Å². The van der Waals surface area contributed by atoms with Crippen LogP contribution in [0, 0.1) is 6.92 Å². The van der Waals surface area contributed by atoms with Gasteiger partial charge in [-0.3, -0.25) is 4.57 Å². The van der Waals surface area contributed by atoms with E-state index in [1.165, 1.54) is 14.2 Å². The third kappa shape index (κ3) is 5.50. The Hall–Kier alpha value is -2.54. The summed E-state index contributed by atoms with van der Waals surface area (Å²) >= 11 is 0. The monoisotopic (exact) mass is 422 g/mol. The Labute approximate surface area is 171 Å². The highest BCUT2D eigenvalue weighted by molar-refractivity contribution is 7.65. The summed E-state index contributed by atoms with van der Waals surface area (Å²) in [5.74, 6) is 0.759. The Morgan fingerprint density at radius 1 is 1.17 bits per heavy atom. The maximum atomic E-state index is 13.5. The maximum absolute atomic E-state index is 13.5. The molecule has 1 aromatic heterocycles. The summed E-state index contributed by atoms with van der Waals surface area (Å²) < 4.78 is 34.9. The van der Waals surface area contributed by atoms with E-state index in [9.17, 15) is 9.67 Å². The second-order valence-electron chi connectivity index (χ2n) is 5.94. The first kappa shape index (κ1) is 22.7. The maximum Gasteiger partial charge on any atom is 0.363 e. The molecule has 9 heteroatoms. The van der Waals surface area contributed by atoms with Crippen LogP contribution in [0.1, 0.15) is 25.0 Å². The number of ether oxygens (including phenoxy) is 2. The largest absolute Gasteiger partial charge is 0.504 e. The van der Waals surface area contributed by atoms with Crippen molar-refractivity contribution in [3.8, 4) is 17.4 Å². The van der Waals surface area contributed by atoms with Gasteiger partial charge in [-0.1, -0.05) is 0 Å². The molecular formula is C20H27N2O6P. The van der Waals surface area contributed by atoms with Gasteiger partial charge in [0, 0.05) is 12.3 Å². The fourth-order valence-corrected chi connectivity index (χ4v) is 4.33. The van der Waals surface area contributed by atoms with Gasteiger partial charge in [0.1, 0.15) is 0 Å². The molecule has 0 bridgehead atoms. The van der Waals surface area contributed by atoms with Gasteiger partial charge in [0.25, 0.3) is 0 Å². The van der Waals surface area contributed by atoms with Gasteiger partial charge in [-0.2, -0.15) is 0 Å². The molecule has 0 aliphatic rings. The van der Waals surface area contributed by atoms with Crippen molar-refractivity contribution < 1.29 is 28.2 Å². The summed E-state index contributed by atoms with van der Waals surface area (Å²) in [5.41, 5.74) is 1.76. The summed E-state index contributed by atoms with van der Waals surface area (Å²) in [6, 6.07) is 6.76. The Kier molecular flexibility index (Phi) is 8.08. The van der Waals surface area contributed by atoms with Crippen molar-refractivity contribution in [2.24, 2.45) is 0 Å². The van der Waals surface area contributed by atoms with Crippen molar-refractivity contribution >= 4 is 18.6 Å². The zero-order chi connectivity index (χ0) is 21.4.